The lowest BCUT2D eigenvalue weighted by atomic mass is 10.1. The molecule has 1 aliphatic heterocycles. The lowest BCUT2D eigenvalue weighted by Crippen LogP contribution is -2.40. The highest BCUT2D eigenvalue weighted by molar-refractivity contribution is 7.92. The first kappa shape index (κ1) is 29.7. The summed E-state index contributed by atoms with van der Waals surface area (Å²) in [4.78, 5) is 26.9. The molecule has 0 atom stereocenters. The molecule has 0 aliphatic carbocycles. The standard InChI is InChI=1S/C30H35N3O7S/c1-4-40-25-12-10-24(11-13-25)33(41(36,37)26-14-15-27(38-2)28(18-26)39-3)21-29(34)31-19-22-7-5-8-23(17-22)20-32-16-6-9-30(32)35/h5,7-8,10-15,17-18H,4,6,9,16,19-21H2,1-3H3,(H,31,34). The molecule has 0 saturated carbocycles. The summed E-state index contributed by atoms with van der Waals surface area (Å²) >= 11 is 0. The number of hydrogen-bond donors (Lipinski definition) is 1. The van der Waals surface area contributed by atoms with Crippen molar-refractivity contribution in [3.8, 4) is 17.2 Å². The number of nitrogens with zero attached hydrogens (tertiary/aromatic N) is 2. The SMILES string of the molecule is CCOc1ccc(N(CC(=O)NCc2cccc(CN3CCCC3=O)c2)S(=O)(=O)c2ccc(OC)c(OC)c2)cc1. The molecule has 1 N–H and O–H groups in total. The van der Waals surface area contributed by atoms with Gasteiger partial charge in [-0.25, -0.2) is 8.42 Å². The molecule has 1 fully saturated rings. The van der Waals surface area contributed by atoms with E-state index in [1.165, 1.54) is 32.4 Å². The van der Waals surface area contributed by atoms with Crippen LogP contribution < -0.4 is 23.8 Å². The first-order chi connectivity index (χ1) is 19.7. The molecule has 0 spiro atoms. The number of amides is 2. The summed E-state index contributed by atoms with van der Waals surface area (Å²) in [6.45, 7) is 3.34. The van der Waals surface area contributed by atoms with Crippen LogP contribution in [-0.4, -0.2) is 59.0 Å². The normalized spacial score (nSPS) is 13.1. The van der Waals surface area contributed by atoms with E-state index >= 15 is 0 Å². The van der Waals surface area contributed by atoms with Gasteiger partial charge in [-0.2, -0.15) is 0 Å². The predicted molar refractivity (Wildman–Crippen MR) is 155 cm³/mol. The number of nitrogens with one attached hydrogen (secondary N) is 1. The molecule has 1 aliphatic rings. The van der Waals surface area contributed by atoms with E-state index in [2.05, 4.69) is 5.32 Å². The van der Waals surface area contributed by atoms with Crippen molar-refractivity contribution in [3.05, 3.63) is 77.9 Å². The Kier molecular flexibility index (Phi) is 9.72. The third kappa shape index (κ3) is 7.29. The van der Waals surface area contributed by atoms with Gasteiger partial charge in [0.1, 0.15) is 12.3 Å². The molecule has 3 aromatic rings. The quantitative estimate of drug-likeness (QED) is 0.327. The number of likely N-dealkylation sites (tertiary alicyclic amines) is 1. The van der Waals surface area contributed by atoms with Crippen molar-refractivity contribution in [1.82, 2.24) is 10.2 Å². The van der Waals surface area contributed by atoms with Crippen molar-refractivity contribution in [2.45, 2.75) is 37.8 Å². The molecule has 10 nitrogen and oxygen atoms in total. The lowest BCUT2D eigenvalue weighted by molar-refractivity contribution is -0.128. The molecule has 11 heteroatoms. The molecule has 0 bridgehead atoms. The average molecular weight is 582 g/mol. The number of carbonyl (C=O) groups is 2. The van der Waals surface area contributed by atoms with Crippen LogP contribution in [-0.2, 0) is 32.7 Å². The van der Waals surface area contributed by atoms with Crippen LogP contribution in [0.4, 0.5) is 5.69 Å². The second-order valence-corrected chi connectivity index (χ2v) is 11.3. The Morgan fingerprint density at radius 2 is 1.71 bits per heavy atom. The maximum atomic E-state index is 13.8. The van der Waals surface area contributed by atoms with Gasteiger partial charge < -0.3 is 24.4 Å². The monoisotopic (exact) mass is 581 g/mol. The number of sulfonamides is 1. The van der Waals surface area contributed by atoms with Crippen LogP contribution in [0.15, 0.2) is 71.6 Å². The number of benzene rings is 3. The lowest BCUT2D eigenvalue weighted by Gasteiger charge is -2.25. The van der Waals surface area contributed by atoms with Gasteiger partial charge in [-0.15, -0.1) is 0 Å². The van der Waals surface area contributed by atoms with Gasteiger partial charge in [-0.05, 0) is 60.9 Å². The fourth-order valence-corrected chi connectivity index (χ4v) is 6.05. The van der Waals surface area contributed by atoms with Crippen molar-refractivity contribution < 1.29 is 32.2 Å². The first-order valence-corrected chi connectivity index (χ1v) is 14.8. The van der Waals surface area contributed by atoms with E-state index in [4.69, 9.17) is 14.2 Å². The van der Waals surface area contributed by atoms with Crippen molar-refractivity contribution in [1.29, 1.82) is 0 Å². The number of anilines is 1. The second-order valence-electron chi connectivity index (χ2n) is 9.47. The molecular formula is C30H35N3O7S. The molecule has 1 saturated heterocycles. The van der Waals surface area contributed by atoms with Gasteiger partial charge in [0.15, 0.2) is 11.5 Å². The van der Waals surface area contributed by atoms with E-state index in [-0.39, 0.29) is 23.1 Å². The zero-order chi connectivity index (χ0) is 29.4. The summed E-state index contributed by atoms with van der Waals surface area (Å²) in [7, 11) is -1.30. The van der Waals surface area contributed by atoms with Crippen molar-refractivity contribution >= 4 is 27.5 Å². The van der Waals surface area contributed by atoms with Crippen LogP contribution in [0.1, 0.15) is 30.9 Å². The van der Waals surface area contributed by atoms with Gasteiger partial charge in [-0.1, -0.05) is 24.3 Å². The van der Waals surface area contributed by atoms with Crippen molar-refractivity contribution in [2.75, 3.05) is 38.2 Å². The van der Waals surface area contributed by atoms with Crippen LogP contribution in [0.3, 0.4) is 0 Å². The Hall–Kier alpha value is -4.25. The zero-order valence-corrected chi connectivity index (χ0v) is 24.3. The van der Waals surface area contributed by atoms with Gasteiger partial charge in [0.25, 0.3) is 10.0 Å². The highest BCUT2D eigenvalue weighted by Crippen LogP contribution is 2.32. The summed E-state index contributed by atoms with van der Waals surface area (Å²) < 4.78 is 44.8. The number of rotatable bonds is 13. The van der Waals surface area contributed by atoms with Gasteiger partial charge in [0.05, 0.1) is 31.4 Å². The Balaban J connectivity index is 1.53. The summed E-state index contributed by atoms with van der Waals surface area (Å²) in [6.07, 6.45) is 1.44. The minimum atomic E-state index is -4.18. The van der Waals surface area contributed by atoms with Gasteiger partial charge in [0, 0.05) is 32.1 Å². The van der Waals surface area contributed by atoms with E-state index in [0.29, 0.717) is 36.8 Å². The number of ether oxygens (including phenoxy) is 3. The maximum Gasteiger partial charge on any atom is 0.264 e. The van der Waals surface area contributed by atoms with Crippen LogP contribution >= 0.6 is 0 Å². The smallest absolute Gasteiger partial charge is 0.264 e. The Bertz CT molecular complexity index is 1480. The maximum absolute atomic E-state index is 13.8. The molecule has 218 valence electrons. The van der Waals surface area contributed by atoms with Gasteiger partial charge in [-0.3, -0.25) is 13.9 Å². The van der Waals surface area contributed by atoms with Crippen LogP contribution in [0.25, 0.3) is 0 Å². The average Bonchev–Trinajstić information content (AvgIpc) is 3.39. The second kappa shape index (κ2) is 13.4. The highest BCUT2D eigenvalue weighted by Gasteiger charge is 2.28. The molecule has 3 aromatic carbocycles. The van der Waals surface area contributed by atoms with Crippen molar-refractivity contribution in [3.63, 3.8) is 0 Å². The Morgan fingerprint density at radius 3 is 2.37 bits per heavy atom. The van der Waals surface area contributed by atoms with Crippen molar-refractivity contribution in [2.24, 2.45) is 0 Å². The highest BCUT2D eigenvalue weighted by atomic mass is 32.2. The molecule has 0 radical (unpaired) electrons. The molecular weight excluding hydrogens is 546 g/mol. The summed E-state index contributed by atoms with van der Waals surface area (Å²) in [6, 6.07) is 18.4. The summed E-state index contributed by atoms with van der Waals surface area (Å²) in [5.41, 5.74) is 2.12. The molecule has 1 heterocycles. The van der Waals surface area contributed by atoms with E-state index in [1.807, 2.05) is 36.1 Å². The minimum Gasteiger partial charge on any atom is -0.494 e. The van der Waals surface area contributed by atoms with Crippen LogP contribution in [0, 0.1) is 0 Å². The number of methoxy groups -OCH3 is 2. The van der Waals surface area contributed by atoms with E-state index in [9.17, 15) is 18.0 Å². The fourth-order valence-electron chi connectivity index (χ4n) is 4.61. The third-order valence-electron chi connectivity index (χ3n) is 6.69. The Labute approximate surface area is 240 Å². The number of hydrogen-bond acceptors (Lipinski definition) is 7. The first-order valence-electron chi connectivity index (χ1n) is 13.3. The topological polar surface area (TPSA) is 114 Å². The zero-order valence-electron chi connectivity index (χ0n) is 23.5. The third-order valence-corrected chi connectivity index (χ3v) is 8.46. The number of carbonyl (C=O) groups excluding carboxylic acids is 2. The summed E-state index contributed by atoms with van der Waals surface area (Å²) in [5, 5.41) is 2.83. The van der Waals surface area contributed by atoms with E-state index in [1.54, 1.807) is 24.3 Å². The van der Waals surface area contributed by atoms with E-state index < -0.39 is 22.5 Å². The predicted octanol–water partition coefficient (Wildman–Crippen LogP) is 3.74. The molecule has 4 rings (SSSR count). The molecule has 0 unspecified atom stereocenters. The van der Waals surface area contributed by atoms with Gasteiger partial charge >= 0.3 is 0 Å². The van der Waals surface area contributed by atoms with Crippen LogP contribution in [0.5, 0.6) is 17.2 Å². The fraction of sp³-hybridized carbons (Fsp3) is 0.333. The summed E-state index contributed by atoms with van der Waals surface area (Å²) in [5.74, 6) is 0.879. The molecule has 41 heavy (non-hydrogen) atoms. The molecule has 2 amide bonds. The molecule has 0 aromatic heterocycles. The van der Waals surface area contributed by atoms with E-state index in [0.717, 1.165) is 28.4 Å². The Morgan fingerprint density at radius 1 is 0.976 bits per heavy atom. The minimum absolute atomic E-state index is 0.0546. The van der Waals surface area contributed by atoms with Gasteiger partial charge in [0.2, 0.25) is 11.8 Å². The van der Waals surface area contributed by atoms with Crippen LogP contribution in [0.2, 0.25) is 0 Å². The largest absolute Gasteiger partial charge is 0.494 e.